The Balaban J connectivity index is 2.33. The maximum Gasteiger partial charge on any atom is 0.243 e. The third-order valence-electron chi connectivity index (χ3n) is 1.85. The smallest absolute Gasteiger partial charge is 0.243 e. The minimum Gasteiger partial charge on any atom is -0.349 e. The van der Waals surface area contributed by atoms with E-state index in [1.54, 1.807) is 18.3 Å². The van der Waals surface area contributed by atoms with Crippen LogP contribution in [0.1, 0.15) is 12.6 Å². The predicted octanol–water partition coefficient (Wildman–Crippen LogP) is -0.0645. The molecule has 1 rings (SSSR count). The maximum absolute atomic E-state index is 11.2. The number of hydrogen-bond donors (Lipinski definition) is 2. The van der Waals surface area contributed by atoms with Crippen molar-refractivity contribution >= 4 is 11.8 Å². The van der Waals surface area contributed by atoms with Gasteiger partial charge < -0.3 is 5.32 Å². The first-order chi connectivity index (χ1) is 7.59. The minimum absolute atomic E-state index is 0.269. The zero-order valence-corrected chi connectivity index (χ0v) is 8.88. The van der Waals surface area contributed by atoms with Gasteiger partial charge in [-0.05, 0) is 12.1 Å². The Labute approximate surface area is 92.9 Å². The van der Waals surface area contributed by atoms with Crippen LogP contribution in [0.3, 0.4) is 0 Å². The molecule has 0 radical (unpaired) electrons. The van der Waals surface area contributed by atoms with Crippen molar-refractivity contribution < 1.29 is 14.8 Å². The van der Waals surface area contributed by atoms with E-state index in [9.17, 15) is 9.59 Å². The lowest BCUT2D eigenvalue weighted by atomic mass is 10.3. The lowest BCUT2D eigenvalue weighted by Gasteiger charge is -2.11. The second-order valence-corrected chi connectivity index (χ2v) is 3.17. The molecule has 6 heteroatoms. The molecule has 0 saturated heterocycles. The minimum atomic E-state index is -0.576. The Morgan fingerprint density at radius 1 is 1.50 bits per heavy atom. The molecule has 0 aliphatic rings. The summed E-state index contributed by atoms with van der Waals surface area (Å²) in [5.74, 6) is -1.02. The molecule has 0 spiro atoms. The normalized spacial score (nSPS) is 9.62. The van der Waals surface area contributed by atoms with E-state index < -0.39 is 11.8 Å². The molecule has 0 aliphatic carbocycles. The van der Waals surface area contributed by atoms with Crippen molar-refractivity contribution in [1.29, 1.82) is 0 Å². The first kappa shape index (κ1) is 12.1. The summed E-state index contributed by atoms with van der Waals surface area (Å²) in [7, 11) is 0. The zero-order valence-electron chi connectivity index (χ0n) is 8.88. The molecule has 1 aromatic rings. The van der Waals surface area contributed by atoms with Crippen molar-refractivity contribution in [3.8, 4) is 0 Å². The Kier molecular flexibility index (Phi) is 4.41. The van der Waals surface area contributed by atoms with Gasteiger partial charge in [-0.15, -0.1) is 0 Å². The van der Waals surface area contributed by atoms with Gasteiger partial charge in [-0.3, -0.25) is 19.8 Å². The number of nitrogens with one attached hydrogen (secondary N) is 1. The fraction of sp³-hybridized carbons (Fsp3) is 0.300. The first-order valence-electron chi connectivity index (χ1n) is 4.73. The summed E-state index contributed by atoms with van der Waals surface area (Å²) in [6, 6.07) is 5.35. The summed E-state index contributed by atoms with van der Waals surface area (Å²) in [4.78, 5) is 25.9. The molecular weight excluding hydrogens is 210 g/mol. The van der Waals surface area contributed by atoms with E-state index in [-0.39, 0.29) is 13.1 Å². The van der Waals surface area contributed by atoms with Crippen LogP contribution in [-0.2, 0) is 16.1 Å². The molecule has 0 bridgehead atoms. The average molecular weight is 223 g/mol. The van der Waals surface area contributed by atoms with Gasteiger partial charge in [0.1, 0.15) is 6.54 Å². The summed E-state index contributed by atoms with van der Waals surface area (Å²) in [6.07, 6.45) is 1.62. The number of pyridine rings is 1. The number of amides is 2. The summed E-state index contributed by atoms with van der Waals surface area (Å²) < 4.78 is 0. The van der Waals surface area contributed by atoms with Crippen LogP contribution in [0.15, 0.2) is 24.4 Å². The molecule has 0 unspecified atom stereocenters. The summed E-state index contributed by atoms with van der Waals surface area (Å²) in [5, 5.41) is 11.9. The highest BCUT2D eigenvalue weighted by Gasteiger charge is 2.10. The van der Waals surface area contributed by atoms with Gasteiger partial charge in [0, 0.05) is 13.1 Å². The number of rotatable bonds is 4. The lowest BCUT2D eigenvalue weighted by Crippen LogP contribution is -2.37. The second-order valence-electron chi connectivity index (χ2n) is 3.17. The van der Waals surface area contributed by atoms with Crippen LogP contribution >= 0.6 is 0 Å². The van der Waals surface area contributed by atoms with Gasteiger partial charge in [0.25, 0.3) is 0 Å². The van der Waals surface area contributed by atoms with E-state index >= 15 is 0 Å². The summed E-state index contributed by atoms with van der Waals surface area (Å²) >= 11 is 0. The number of carbonyl (C=O) groups excluding carboxylic acids is 2. The zero-order chi connectivity index (χ0) is 12.0. The first-order valence-corrected chi connectivity index (χ1v) is 4.73. The molecule has 0 saturated carbocycles. The van der Waals surface area contributed by atoms with Crippen LogP contribution < -0.4 is 5.32 Å². The van der Waals surface area contributed by atoms with E-state index in [4.69, 9.17) is 5.21 Å². The van der Waals surface area contributed by atoms with Crippen molar-refractivity contribution in [1.82, 2.24) is 15.4 Å². The van der Waals surface area contributed by atoms with Crippen LogP contribution in [0.4, 0.5) is 0 Å². The molecule has 86 valence electrons. The van der Waals surface area contributed by atoms with Crippen LogP contribution in [0, 0.1) is 0 Å². The molecule has 0 aliphatic heterocycles. The Bertz CT molecular complexity index is 367. The largest absolute Gasteiger partial charge is 0.349 e. The van der Waals surface area contributed by atoms with Gasteiger partial charge in [0.05, 0.1) is 12.2 Å². The second kappa shape index (κ2) is 5.82. The lowest BCUT2D eigenvalue weighted by molar-refractivity contribution is -0.166. The van der Waals surface area contributed by atoms with E-state index in [1.165, 1.54) is 6.92 Å². The number of hydroxylamine groups is 2. The van der Waals surface area contributed by atoms with Crippen molar-refractivity contribution in [3.63, 3.8) is 0 Å². The highest BCUT2D eigenvalue weighted by molar-refractivity contribution is 5.82. The molecule has 0 aromatic carbocycles. The van der Waals surface area contributed by atoms with Gasteiger partial charge >= 0.3 is 0 Å². The van der Waals surface area contributed by atoms with Gasteiger partial charge in [0.2, 0.25) is 11.8 Å². The fourth-order valence-corrected chi connectivity index (χ4v) is 0.995. The van der Waals surface area contributed by atoms with E-state index in [1.807, 2.05) is 6.07 Å². The van der Waals surface area contributed by atoms with Crippen molar-refractivity contribution in [2.24, 2.45) is 0 Å². The molecular formula is C10H13N3O3. The number of aromatic nitrogens is 1. The molecule has 2 N–H and O–H groups in total. The predicted molar refractivity (Wildman–Crippen MR) is 55.3 cm³/mol. The van der Waals surface area contributed by atoms with Gasteiger partial charge in [-0.2, -0.15) is 0 Å². The number of carbonyl (C=O) groups is 2. The summed E-state index contributed by atoms with van der Waals surface area (Å²) in [6.45, 7) is 1.07. The number of hydrogen-bond acceptors (Lipinski definition) is 4. The van der Waals surface area contributed by atoms with Crippen LogP contribution in [0.25, 0.3) is 0 Å². The quantitative estimate of drug-likeness (QED) is 0.553. The van der Waals surface area contributed by atoms with Gasteiger partial charge in [-0.1, -0.05) is 6.07 Å². The number of nitrogens with zero attached hydrogens (tertiary/aromatic N) is 2. The maximum atomic E-state index is 11.2. The fourth-order valence-electron chi connectivity index (χ4n) is 0.995. The molecule has 1 heterocycles. The van der Waals surface area contributed by atoms with Crippen LogP contribution in [0.5, 0.6) is 0 Å². The van der Waals surface area contributed by atoms with E-state index in [0.717, 1.165) is 0 Å². The van der Waals surface area contributed by atoms with Crippen molar-refractivity contribution in [2.45, 2.75) is 13.5 Å². The Morgan fingerprint density at radius 2 is 2.25 bits per heavy atom. The highest BCUT2D eigenvalue weighted by Crippen LogP contribution is 1.92. The van der Waals surface area contributed by atoms with E-state index in [0.29, 0.717) is 10.8 Å². The Hall–Kier alpha value is -1.95. The molecule has 0 atom stereocenters. The topological polar surface area (TPSA) is 82.5 Å². The molecule has 16 heavy (non-hydrogen) atoms. The van der Waals surface area contributed by atoms with Crippen LogP contribution in [0.2, 0.25) is 0 Å². The SMILES string of the molecule is CC(=O)N(O)CC(=O)NCc1ccccn1. The highest BCUT2D eigenvalue weighted by atomic mass is 16.5. The van der Waals surface area contributed by atoms with Gasteiger partial charge in [0.15, 0.2) is 0 Å². The molecule has 2 amide bonds. The van der Waals surface area contributed by atoms with Crippen molar-refractivity contribution in [2.75, 3.05) is 6.54 Å². The third kappa shape index (κ3) is 4.05. The van der Waals surface area contributed by atoms with Crippen molar-refractivity contribution in [3.05, 3.63) is 30.1 Å². The molecule has 6 nitrogen and oxygen atoms in total. The summed E-state index contributed by atoms with van der Waals surface area (Å²) in [5.41, 5.74) is 0.711. The third-order valence-corrected chi connectivity index (χ3v) is 1.85. The monoisotopic (exact) mass is 223 g/mol. The standard InChI is InChI=1S/C10H13N3O3/c1-8(14)13(16)7-10(15)12-6-9-4-2-3-5-11-9/h2-5,16H,6-7H2,1H3,(H,12,15). The van der Waals surface area contributed by atoms with Crippen LogP contribution in [-0.4, -0.2) is 33.6 Å². The average Bonchev–Trinajstić information content (AvgIpc) is 2.27. The van der Waals surface area contributed by atoms with Gasteiger partial charge in [-0.25, -0.2) is 5.06 Å². The Morgan fingerprint density at radius 3 is 2.81 bits per heavy atom. The molecule has 0 fully saturated rings. The van der Waals surface area contributed by atoms with E-state index in [2.05, 4.69) is 10.3 Å². The molecule has 1 aromatic heterocycles.